The van der Waals surface area contributed by atoms with E-state index in [1.807, 2.05) is 50.2 Å². The van der Waals surface area contributed by atoms with Gasteiger partial charge in [-0.15, -0.1) is 0 Å². The molecule has 2 aromatic heterocycles. The van der Waals surface area contributed by atoms with Crippen molar-refractivity contribution in [2.45, 2.75) is 19.9 Å². The number of hydrogen-bond acceptors (Lipinski definition) is 2. The summed E-state index contributed by atoms with van der Waals surface area (Å²) in [5.41, 5.74) is 3.52. The van der Waals surface area contributed by atoms with E-state index in [1.165, 1.54) is 0 Å². The zero-order valence-corrected chi connectivity index (χ0v) is 12.6. The Labute approximate surface area is 128 Å². The summed E-state index contributed by atoms with van der Waals surface area (Å²) in [5.74, 6) is 0. The van der Waals surface area contributed by atoms with E-state index < -0.39 is 0 Å². The summed E-state index contributed by atoms with van der Waals surface area (Å²) in [6, 6.07) is 11.6. The minimum absolute atomic E-state index is 0.0760. The first-order valence-electron chi connectivity index (χ1n) is 7.24. The third kappa shape index (κ3) is 2.79. The number of carbonyl (C=O) groups is 1. The Kier molecular flexibility index (Phi) is 3.78. The Morgan fingerprint density at radius 3 is 2.73 bits per heavy atom. The molecule has 0 saturated carbocycles. The van der Waals surface area contributed by atoms with E-state index in [9.17, 15) is 4.79 Å². The average Bonchev–Trinajstić information content (AvgIpc) is 2.86. The second-order valence-electron chi connectivity index (χ2n) is 5.42. The summed E-state index contributed by atoms with van der Waals surface area (Å²) in [6.07, 6.45) is 3.50. The van der Waals surface area contributed by atoms with Crippen LogP contribution in [-0.4, -0.2) is 22.0 Å². The highest BCUT2D eigenvalue weighted by atomic mass is 16.2. The summed E-state index contributed by atoms with van der Waals surface area (Å²) >= 11 is 0. The van der Waals surface area contributed by atoms with Gasteiger partial charge in [0.15, 0.2) is 0 Å². The normalized spacial score (nSPS) is 10.9. The van der Waals surface area contributed by atoms with Gasteiger partial charge in [0.2, 0.25) is 0 Å². The number of aromatic nitrogens is 2. The van der Waals surface area contributed by atoms with Crippen LogP contribution in [-0.2, 0) is 0 Å². The highest BCUT2D eigenvalue weighted by Gasteiger charge is 2.15. The molecule has 0 atom stereocenters. The number of hydrogen-bond donors (Lipinski definition) is 3. The number of para-hydroxylation sites is 1. The largest absolute Gasteiger partial charge is 0.353 e. The molecule has 2 amide bonds. The van der Waals surface area contributed by atoms with Gasteiger partial charge in [0.1, 0.15) is 0 Å². The molecule has 2 heterocycles. The number of benzene rings is 1. The van der Waals surface area contributed by atoms with Crippen molar-refractivity contribution < 1.29 is 4.79 Å². The van der Waals surface area contributed by atoms with Crippen LogP contribution in [0.2, 0.25) is 0 Å². The first-order chi connectivity index (χ1) is 10.6. The Hall–Kier alpha value is -2.82. The van der Waals surface area contributed by atoms with E-state index in [-0.39, 0.29) is 12.1 Å². The molecule has 3 rings (SSSR count). The second-order valence-corrected chi connectivity index (χ2v) is 5.42. The fourth-order valence-corrected chi connectivity index (χ4v) is 2.41. The average molecular weight is 294 g/mol. The zero-order valence-electron chi connectivity index (χ0n) is 12.6. The number of nitrogens with one attached hydrogen (secondary N) is 3. The van der Waals surface area contributed by atoms with Crippen LogP contribution in [0.15, 0.2) is 48.8 Å². The van der Waals surface area contributed by atoms with Crippen LogP contribution < -0.4 is 10.6 Å². The number of H-pyrrole nitrogens is 1. The van der Waals surface area contributed by atoms with Crippen molar-refractivity contribution in [2.24, 2.45) is 0 Å². The monoisotopic (exact) mass is 294 g/mol. The summed E-state index contributed by atoms with van der Waals surface area (Å²) in [7, 11) is 0. The summed E-state index contributed by atoms with van der Waals surface area (Å²) in [4.78, 5) is 19.6. The van der Waals surface area contributed by atoms with Gasteiger partial charge in [0.25, 0.3) is 0 Å². The molecule has 0 bridgehead atoms. The minimum atomic E-state index is -0.218. The van der Waals surface area contributed by atoms with E-state index in [1.54, 1.807) is 12.4 Å². The van der Waals surface area contributed by atoms with Crippen LogP contribution in [0.3, 0.4) is 0 Å². The van der Waals surface area contributed by atoms with Crippen molar-refractivity contribution in [1.29, 1.82) is 0 Å². The number of nitrogens with zero attached hydrogens (tertiary/aromatic N) is 1. The van der Waals surface area contributed by atoms with Gasteiger partial charge in [-0.3, -0.25) is 4.98 Å². The highest BCUT2D eigenvalue weighted by Crippen LogP contribution is 2.34. The Morgan fingerprint density at radius 1 is 1.18 bits per heavy atom. The topological polar surface area (TPSA) is 69.8 Å². The van der Waals surface area contributed by atoms with Gasteiger partial charge in [-0.25, -0.2) is 4.79 Å². The van der Waals surface area contributed by atoms with Gasteiger partial charge in [-0.2, -0.15) is 0 Å². The Morgan fingerprint density at radius 2 is 2.00 bits per heavy atom. The van der Waals surface area contributed by atoms with Crippen LogP contribution in [0.25, 0.3) is 22.2 Å². The molecular weight excluding hydrogens is 276 g/mol. The third-order valence-electron chi connectivity index (χ3n) is 3.31. The molecule has 0 aliphatic rings. The lowest BCUT2D eigenvalue weighted by atomic mass is 10.1. The number of amides is 2. The molecule has 3 N–H and O–H groups in total. The highest BCUT2D eigenvalue weighted by molar-refractivity contribution is 6.07. The minimum Gasteiger partial charge on any atom is -0.353 e. The predicted molar refractivity (Wildman–Crippen MR) is 88.8 cm³/mol. The van der Waals surface area contributed by atoms with Crippen molar-refractivity contribution >= 4 is 22.6 Å². The zero-order chi connectivity index (χ0) is 15.5. The van der Waals surface area contributed by atoms with Crippen molar-refractivity contribution in [2.75, 3.05) is 5.32 Å². The summed E-state index contributed by atoms with van der Waals surface area (Å²) in [6.45, 7) is 3.85. The van der Waals surface area contributed by atoms with Gasteiger partial charge in [0.05, 0.1) is 11.4 Å². The number of anilines is 1. The van der Waals surface area contributed by atoms with E-state index in [0.29, 0.717) is 0 Å². The Balaban J connectivity index is 2.08. The number of fused-ring (bicyclic) bond motifs is 1. The van der Waals surface area contributed by atoms with Crippen LogP contribution in [0.1, 0.15) is 13.8 Å². The second kappa shape index (κ2) is 5.89. The standard InChI is InChI=1S/C17H18N4O/c1-11(2)19-17(22)21-16-13-7-3-4-8-14(13)20-15(16)12-6-5-9-18-10-12/h3-11,20H,1-2H3,(H2,19,21,22). The first kappa shape index (κ1) is 14.1. The van der Waals surface area contributed by atoms with Crippen LogP contribution >= 0.6 is 0 Å². The van der Waals surface area contributed by atoms with E-state index in [4.69, 9.17) is 0 Å². The third-order valence-corrected chi connectivity index (χ3v) is 3.31. The molecule has 22 heavy (non-hydrogen) atoms. The molecule has 3 aromatic rings. The summed E-state index contributed by atoms with van der Waals surface area (Å²) in [5, 5.41) is 6.77. The Bertz CT molecular complexity index is 793. The van der Waals surface area contributed by atoms with Gasteiger partial charge in [-0.05, 0) is 32.0 Å². The molecule has 0 aliphatic carbocycles. The first-order valence-corrected chi connectivity index (χ1v) is 7.24. The molecule has 0 aliphatic heterocycles. The SMILES string of the molecule is CC(C)NC(=O)Nc1c(-c2cccnc2)[nH]c2ccccc12. The summed E-state index contributed by atoms with van der Waals surface area (Å²) < 4.78 is 0. The molecule has 112 valence electrons. The van der Waals surface area contributed by atoms with E-state index in [2.05, 4.69) is 20.6 Å². The van der Waals surface area contributed by atoms with Crippen LogP contribution in [0.4, 0.5) is 10.5 Å². The molecule has 0 unspecified atom stereocenters. The van der Waals surface area contributed by atoms with Crippen molar-refractivity contribution in [3.05, 3.63) is 48.8 Å². The molecule has 0 fully saturated rings. The van der Waals surface area contributed by atoms with Crippen LogP contribution in [0, 0.1) is 0 Å². The fourth-order valence-electron chi connectivity index (χ4n) is 2.41. The number of aromatic amines is 1. The number of urea groups is 1. The van der Waals surface area contributed by atoms with Crippen molar-refractivity contribution in [1.82, 2.24) is 15.3 Å². The molecule has 0 spiro atoms. The van der Waals surface area contributed by atoms with Crippen LogP contribution in [0.5, 0.6) is 0 Å². The molecule has 0 radical (unpaired) electrons. The maximum absolute atomic E-state index is 12.1. The van der Waals surface area contributed by atoms with Gasteiger partial charge >= 0.3 is 6.03 Å². The maximum Gasteiger partial charge on any atom is 0.319 e. The van der Waals surface area contributed by atoms with Gasteiger partial charge < -0.3 is 15.6 Å². The number of rotatable bonds is 3. The molecule has 5 heteroatoms. The lowest BCUT2D eigenvalue weighted by Crippen LogP contribution is -2.34. The predicted octanol–water partition coefficient (Wildman–Crippen LogP) is 3.76. The maximum atomic E-state index is 12.1. The molecule has 0 saturated heterocycles. The van der Waals surface area contributed by atoms with E-state index in [0.717, 1.165) is 27.8 Å². The smallest absolute Gasteiger partial charge is 0.319 e. The molecular formula is C17H18N4O. The quantitative estimate of drug-likeness (QED) is 0.688. The van der Waals surface area contributed by atoms with Gasteiger partial charge in [-0.1, -0.05) is 18.2 Å². The lowest BCUT2D eigenvalue weighted by molar-refractivity contribution is 0.250. The van der Waals surface area contributed by atoms with Gasteiger partial charge in [0, 0.05) is 34.9 Å². The van der Waals surface area contributed by atoms with Crippen molar-refractivity contribution in [3.63, 3.8) is 0 Å². The van der Waals surface area contributed by atoms with E-state index >= 15 is 0 Å². The van der Waals surface area contributed by atoms with Crippen molar-refractivity contribution in [3.8, 4) is 11.3 Å². The fraction of sp³-hybridized carbons (Fsp3) is 0.176. The molecule has 5 nitrogen and oxygen atoms in total. The number of pyridine rings is 1. The number of carbonyl (C=O) groups excluding carboxylic acids is 1. The molecule has 1 aromatic carbocycles. The lowest BCUT2D eigenvalue weighted by Gasteiger charge is -2.11.